The molecule has 0 atom stereocenters. The van der Waals surface area contributed by atoms with Gasteiger partial charge in [0.15, 0.2) is 0 Å². The third kappa shape index (κ3) is 2.04. The van der Waals surface area contributed by atoms with Gasteiger partial charge in [-0.05, 0) is 6.42 Å². The molecule has 3 amide bonds. The van der Waals surface area contributed by atoms with Crippen molar-refractivity contribution in [2.45, 2.75) is 26.2 Å². The Morgan fingerprint density at radius 1 is 1.25 bits per heavy atom. The van der Waals surface area contributed by atoms with Gasteiger partial charge in [0.05, 0.1) is 0 Å². The second kappa shape index (κ2) is 4.21. The van der Waals surface area contributed by atoms with Gasteiger partial charge in [0.2, 0.25) is 17.7 Å². The van der Waals surface area contributed by atoms with Crippen LogP contribution in [0.25, 0.3) is 0 Å². The van der Waals surface area contributed by atoms with E-state index in [0.29, 0.717) is 19.3 Å². The molecule has 0 radical (unpaired) electrons. The van der Waals surface area contributed by atoms with E-state index in [4.69, 9.17) is 0 Å². The van der Waals surface area contributed by atoms with Gasteiger partial charge in [0.25, 0.3) is 0 Å². The fraction of sp³-hybridized carbons (Fsp3) is 0.571. The maximum absolute atomic E-state index is 10.9. The first kappa shape index (κ1) is 11.1. The van der Waals surface area contributed by atoms with Crippen molar-refractivity contribution >= 4 is 30.1 Å². The maximum atomic E-state index is 10.9. The minimum Gasteiger partial charge on any atom is -0.274 e. The van der Waals surface area contributed by atoms with Crippen LogP contribution in [0.3, 0.4) is 0 Å². The quantitative estimate of drug-likeness (QED) is 0.524. The summed E-state index contributed by atoms with van der Waals surface area (Å²) in [6.07, 6.45) is 1.19. The van der Waals surface area contributed by atoms with Crippen LogP contribution >= 0.6 is 12.4 Å². The van der Waals surface area contributed by atoms with E-state index in [1.165, 1.54) is 6.92 Å². The summed E-state index contributed by atoms with van der Waals surface area (Å²) in [7, 11) is 0. The van der Waals surface area contributed by atoms with E-state index in [1.54, 1.807) is 0 Å². The molecule has 5 heteroatoms. The molecule has 0 N–H and O–H groups in total. The van der Waals surface area contributed by atoms with Gasteiger partial charge in [-0.3, -0.25) is 14.4 Å². The molecule has 1 fully saturated rings. The van der Waals surface area contributed by atoms with Crippen LogP contribution in [0, 0.1) is 0 Å². The van der Waals surface area contributed by atoms with Gasteiger partial charge in [-0.15, -0.1) is 12.4 Å². The van der Waals surface area contributed by atoms with Crippen LogP contribution in [0.2, 0.25) is 0 Å². The number of hydrogen-bond donors (Lipinski definition) is 0. The average molecular weight is 192 g/mol. The lowest BCUT2D eigenvalue weighted by Gasteiger charge is -2.20. The summed E-state index contributed by atoms with van der Waals surface area (Å²) >= 11 is 0. The number of rotatable bonds is 0. The average Bonchev–Trinajstić information content (AvgIpc) is 1.85. The van der Waals surface area contributed by atoms with Gasteiger partial charge in [0, 0.05) is 19.8 Å². The Hall–Kier alpha value is -0.900. The van der Waals surface area contributed by atoms with Crippen molar-refractivity contribution in [3.05, 3.63) is 0 Å². The second-order valence-electron chi connectivity index (χ2n) is 2.50. The van der Waals surface area contributed by atoms with Crippen molar-refractivity contribution in [2.24, 2.45) is 0 Å². The Labute approximate surface area is 76.3 Å². The second-order valence-corrected chi connectivity index (χ2v) is 2.50. The summed E-state index contributed by atoms with van der Waals surface area (Å²) in [6, 6.07) is 0. The van der Waals surface area contributed by atoms with E-state index in [-0.39, 0.29) is 24.2 Å². The Morgan fingerprint density at radius 2 is 1.67 bits per heavy atom. The molecule has 0 saturated carbocycles. The molecule has 0 bridgehead atoms. The molecule has 0 unspecified atom stereocenters. The smallest absolute Gasteiger partial charge is 0.236 e. The molecule has 4 nitrogen and oxygen atoms in total. The zero-order chi connectivity index (χ0) is 8.43. The van der Waals surface area contributed by atoms with Crippen molar-refractivity contribution < 1.29 is 14.4 Å². The van der Waals surface area contributed by atoms with Crippen LogP contribution < -0.4 is 0 Å². The van der Waals surface area contributed by atoms with E-state index < -0.39 is 5.91 Å². The Morgan fingerprint density at radius 3 is 1.92 bits per heavy atom. The van der Waals surface area contributed by atoms with Crippen molar-refractivity contribution in [1.29, 1.82) is 0 Å². The first-order chi connectivity index (χ1) is 5.13. The lowest BCUT2D eigenvalue weighted by Crippen LogP contribution is -2.43. The molecular weight excluding hydrogens is 182 g/mol. The van der Waals surface area contributed by atoms with Crippen molar-refractivity contribution in [2.75, 3.05) is 0 Å². The molecule has 1 heterocycles. The summed E-state index contributed by atoms with van der Waals surface area (Å²) in [5.41, 5.74) is 0. The zero-order valence-corrected chi connectivity index (χ0v) is 7.52. The number of carbonyl (C=O) groups is 3. The van der Waals surface area contributed by atoms with Gasteiger partial charge < -0.3 is 0 Å². The van der Waals surface area contributed by atoms with Crippen LogP contribution in [0.15, 0.2) is 0 Å². The number of imide groups is 3. The number of nitrogens with zero attached hydrogens (tertiary/aromatic N) is 1. The highest BCUT2D eigenvalue weighted by Crippen LogP contribution is 2.11. The number of piperidine rings is 1. The molecule has 0 aromatic carbocycles. The lowest BCUT2D eigenvalue weighted by atomic mass is 10.1. The zero-order valence-electron chi connectivity index (χ0n) is 6.70. The summed E-state index contributed by atoms with van der Waals surface area (Å²) in [5.74, 6) is -1.21. The number of likely N-dealkylation sites (tertiary alicyclic amines) is 1. The highest BCUT2D eigenvalue weighted by Gasteiger charge is 2.28. The van der Waals surface area contributed by atoms with E-state index in [1.807, 2.05) is 0 Å². The minimum atomic E-state index is -0.472. The van der Waals surface area contributed by atoms with Crippen LogP contribution in [-0.4, -0.2) is 22.6 Å². The number of carbonyl (C=O) groups excluding carboxylic acids is 3. The van der Waals surface area contributed by atoms with Gasteiger partial charge in [-0.25, -0.2) is 4.90 Å². The Bertz CT molecular complexity index is 211. The Kier molecular flexibility index (Phi) is 3.89. The fourth-order valence-electron chi connectivity index (χ4n) is 1.10. The van der Waals surface area contributed by atoms with E-state index in [2.05, 4.69) is 0 Å². The molecule has 0 aromatic rings. The minimum absolute atomic E-state index is 0. The lowest BCUT2D eigenvalue weighted by molar-refractivity contribution is -0.155. The van der Waals surface area contributed by atoms with E-state index in [0.717, 1.165) is 4.90 Å². The molecule has 1 saturated heterocycles. The van der Waals surface area contributed by atoms with Crippen molar-refractivity contribution in [3.8, 4) is 0 Å². The standard InChI is InChI=1S/C7H9NO3.ClH/c1-5(9)8-6(10)3-2-4-7(8)11;/h2-4H2,1H3;1H. The number of hydrogen-bond acceptors (Lipinski definition) is 3. The third-order valence-electron chi connectivity index (χ3n) is 1.59. The summed E-state index contributed by atoms with van der Waals surface area (Å²) in [5, 5.41) is 0. The van der Waals surface area contributed by atoms with Crippen LogP contribution in [0.1, 0.15) is 26.2 Å². The molecule has 68 valence electrons. The predicted octanol–water partition coefficient (Wildman–Crippen LogP) is 0.494. The van der Waals surface area contributed by atoms with Crippen molar-refractivity contribution in [1.82, 2.24) is 4.90 Å². The highest BCUT2D eigenvalue weighted by atomic mass is 35.5. The predicted molar refractivity (Wildman–Crippen MR) is 43.6 cm³/mol. The van der Waals surface area contributed by atoms with Crippen LogP contribution in [-0.2, 0) is 14.4 Å². The topological polar surface area (TPSA) is 54.5 Å². The van der Waals surface area contributed by atoms with Gasteiger partial charge in [-0.2, -0.15) is 0 Å². The number of halogens is 1. The molecule has 1 aliphatic heterocycles. The van der Waals surface area contributed by atoms with E-state index >= 15 is 0 Å². The largest absolute Gasteiger partial charge is 0.274 e. The molecule has 1 rings (SSSR count). The fourth-order valence-corrected chi connectivity index (χ4v) is 1.10. The molecular formula is C7H10ClNO3. The third-order valence-corrected chi connectivity index (χ3v) is 1.59. The maximum Gasteiger partial charge on any atom is 0.236 e. The van der Waals surface area contributed by atoms with Crippen LogP contribution in [0.4, 0.5) is 0 Å². The molecule has 0 aliphatic carbocycles. The van der Waals surface area contributed by atoms with Gasteiger partial charge in [0.1, 0.15) is 0 Å². The van der Waals surface area contributed by atoms with Crippen molar-refractivity contribution in [3.63, 3.8) is 0 Å². The molecule has 1 aliphatic rings. The summed E-state index contributed by atoms with van der Waals surface area (Å²) in [4.78, 5) is 33.3. The first-order valence-electron chi connectivity index (χ1n) is 3.49. The monoisotopic (exact) mass is 191 g/mol. The normalized spacial score (nSPS) is 17.2. The number of amides is 3. The molecule has 0 aromatic heterocycles. The van der Waals surface area contributed by atoms with Gasteiger partial charge in [-0.1, -0.05) is 0 Å². The Balaban J connectivity index is 0.00000121. The molecule has 0 spiro atoms. The highest BCUT2D eigenvalue weighted by molar-refractivity contribution is 6.11. The van der Waals surface area contributed by atoms with Gasteiger partial charge >= 0.3 is 0 Å². The van der Waals surface area contributed by atoms with Crippen LogP contribution in [0.5, 0.6) is 0 Å². The first-order valence-corrected chi connectivity index (χ1v) is 3.49. The molecule has 12 heavy (non-hydrogen) atoms. The SMILES string of the molecule is CC(=O)N1C(=O)CCCC1=O.Cl. The van der Waals surface area contributed by atoms with E-state index in [9.17, 15) is 14.4 Å². The summed E-state index contributed by atoms with van der Waals surface area (Å²) < 4.78 is 0. The summed E-state index contributed by atoms with van der Waals surface area (Å²) in [6.45, 7) is 1.22.